The number of hydrogen-bond acceptors (Lipinski definition) is 6. The lowest BCUT2D eigenvalue weighted by Gasteiger charge is -2.22. The van der Waals surface area contributed by atoms with Crippen LogP contribution in [0.2, 0.25) is 5.02 Å². The molecule has 0 saturated carbocycles. The van der Waals surface area contributed by atoms with E-state index in [4.69, 9.17) is 16.6 Å². The van der Waals surface area contributed by atoms with Gasteiger partial charge in [-0.3, -0.25) is 10.3 Å². The first kappa shape index (κ1) is 17.8. The molecule has 0 spiro atoms. The Morgan fingerprint density at radius 2 is 2.04 bits per heavy atom. The van der Waals surface area contributed by atoms with Gasteiger partial charge < -0.3 is 5.11 Å². The van der Waals surface area contributed by atoms with Gasteiger partial charge in [0.15, 0.2) is 5.84 Å². The highest BCUT2D eigenvalue weighted by molar-refractivity contribution is 7.17. The van der Waals surface area contributed by atoms with Gasteiger partial charge in [-0.2, -0.15) is 5.10 Å². The van der Waals surface area contributed by atoms with E-state index in [0.29, 0.717) is 16.6 Å². The number of aliphatic imine (C=N–C) groups is 1. The molecule has 27 heavy (non-hydrogen) atoms. The molecule has 2 aliphatic rings. The van der Waals surface area contributed by atoms with E-state index in [9.17, 15) is 9.90 Å². The maximum absolute atomic E-state index is 11.4. The number of aliphatic carboxylic acids is 1. The highest BCUT2D eigenvalue weighted by Crippen LogP contribution is 2.41. The number of nitrogens with one attached hydrogen (secondary N) is 1. The van der Waals surface area contributed by atoms with E-state index in [1.807, 2.05) is 36.1 Å². The third-order valence-corrected chi connectivity index (χ3v) is 6.09. The normalized spacial score (nSPS) is 19.8. The van der Waals surface area contributed by atoms with Gasteiger partial charge in [-0.1, -0.05) is 23.7 Å². The number of nitrogens with zero attached hydrogens (tertiary/aromatic N) is 3. The number of hydrazone groups is 1. The Hall–Kier alpha value is -2.64. The van der Waals surface area contributed by atoms with Crippen molar-refractivity contribution >= 4 is 45.5 Å². The Balaban J connectivity index is 2.04. The van der Waals surface area contributed by atoms with Gasteiger partial charge in [-0.15, -0.1) is 11.3 Å². The third kappa shape index (κ3) is 2.93. The topological polar surface area (TPSA) is 77.3 Å². The summed E-state index contributed by atoms with van der Waals surface area (Å²) in [5, 5.41) is 15.3. The second-order valence-electron chi connectivity index (χ2n) is 6.41. The minimum atomic E-state index is -1.07. The summed E-state index contributed by atoms with van der Waals surface area (Å²) in [7, 11) is 0. The van der Waals surface area contributed by atoms with E-state index in [1.165, 1.54) is 4.88 Å². The standard InChI is InChI=1S/C19H17ClN4O2S/c1-9-10(2)27-19-16(9)17(12-4-6-13(20)7-5-12)21-14(8-15(25)26)18-23-22-11(3)24(18)19/h4-8,11,22H,1-3H3,(H,25,26)/b14-8-. The summed E-state index contributed by atoms with van der Waals surface area (Å²) in [4.78, 5) is 19.4. The van der Waals surface area contributed by atoms with Gasteiger partial charge in [-0.05, 0) is 38.5 Å². The minimum Gasteiger partial charge on any atom is -0.478 e. The summed E-state index contributed by atoms with van der Waals surface area (Å²) in [5.41, 5.74) is 7.05. The van der Waals surface area contributed by atoms with Crippen molar-refractivity contribution in [2.75, 3.05) is 4.90 Å². The van der Waals surface area contributed by atoms with Crippen molar-refractivity contribution in [3.8, 4) is 0 Å². The quantitative estimate of drug-likeness (QED) is 0.749. The van der Waals surface area contributed by atoms with Crippen molar-refractivity contribution < 1.29 is 9.90 Å². The summed E-state index contributed by atoms with van der Waals surface area (Å²) in [5.74, 6) is -0.555. The molecule has 0 amide bonds. The Morgan fingerprint density at radius 1 is 1.33 bits per heavy atom. The lowest BCUT2D eigenvalue weighted by molar-refractivity contribution is -0.131. The molecule has 2 N–H and O–H groups in total. The Bertz CT molecular complexity index is 1040. The molecule has 0 bridgehead atoms. The average molecular weight is 401 g/mol. The van der Waals surface area contributed by atoms with E-state index < -0.39 is 5.97 Å². The van der Waals surface area contributed by atoms with Crippen molar-refractivity contribution in [1.82, 2.24) is 5.43 Å². The fourth-order valence-corrected chi connectivity index (χ4v) is 4.58. The molecule has 1 unspecified atom stereocenters. The number of carbonyl (C=O) groups is 1. The van der Waals surface area contributed by atoms with Crippen LogP contribution in [0, 0.1) is 13.8 Å². The van der Waals surface area contributed by atoms with Gasteiger partial charge in [0, 0.05) is 21.0 Å². The molecular formula is C19H17ClN4O2S. The largest absolute Gasteiger partial charge is 0.478 e. The Labute approximate surface area is 165 Å². The maximum atomic E-state index is 11.4. The van der Waals surface area contributed by atoms with Crippen molar-refractivity contribution in [1.29, 1.82) is 0 Å². The molecule has 2 aliphatic heterocycles. The smallest absolute Gasteiger partial charge is 0.330 e. The first-order valence-corrected chi connectivity index (χ1v) is 9.58. The second-order valence-corrected chi connectivity index (χ2v) is 8.05. The van der Waals surface area contributed by atoms with E-state index >= 15 is 0 Å². The number of fused-ring (bicyclic) bond motifs is 3. The molecule has 0 aliphatic carbocycles. The van der Waals surface area contributed by atoms with Crippen LogP contribution in [0.4, 0.5) is 5.00 Å². The molecule has 1 atom stereocenters. The van der Waals surface area contributed by atoms with Gasteiger partial charge in [-0.25, -0.2) is 9.79 Å². The lowest BCUT2D eigenvalue weighted by atomic mass is 10.00. The summed E-state index contributed by atoms with van der Waals surface area (Å²) < 4.78 is 0. The molecular weight excluding hydrogens is 384 g/mol. The minimum absolute atomic E-state index is 0.104. The van der Waals surface area contributed by atoms with E-state index in [1.54, 1.807) is 11.3 Å². The fraction of sp³-hybridized carbons (Fsp3) is 0.211. The summed E-state index contributed by atoms with van der Waals surface area (Å²) in [6.45, 7) is 6.12. The molecule has 4 rings (SSSR count). The van der Waals surface area contributed by atoms with E-state index in [2.05, 4.69) is 24.4 Å². The monoisotopic (exact) mass is 400 g/mol. The number of aryl methyl sites for hydroxylation is 1. The fourth-order valence-electron chi connectivity index (χ4n) is 3.22. The number of amidine groups is 1. The predicted molar refractivity (Wildman–Crippen MR) is 109 cm³/mol. The van der Waals surface area contributed by atoms with Crippen molar-refractivity contribution in [3.05, 3.63) is 62.6 Å². The lowest BCUT2D eigenvalue weighted by Crippen LogP contribution is -2.38. The van der Waals surface area contributed by atoms with Crippen molar-refractivity contribution in [2.24, 2.45) is 10.1 Å². The average Bonchev–Trinajstić information content (AvgIpc) is 3.08. The van der Waals surface area contributed by atoms with Gasteiger partial charge in [0.2, 0.25) is 0 Å². The maximum Gasteiger partial charge on any atom is 0.330 e. The van der Waals surface area contributed by atoms with Gasteiger partial charge in [0.05, 0.1) is 11.8 Å². The van der Waals surface area contributed by atoms with Crippen LogP contribution in [0.3, 0.4) is 0 Å². The molecule has 0 saturated heterocycles. The predicted octanol–water partition coefficient (Wildman–Crippen LogP) is 3.91. The Kier molecular flexibility index (Phi) is 4.28. The SMILES string of the molecule is Cc1sc2c(c1C)C(c1ccc(Cl)cc1)=N/C(=C\C(=O)O)C1=NNC(C)N12. The number of hydrogen-bond donors (Lipinski definition) is 2. The third-order valence-electron chi connectivity index (χ3n) is 4.63. The molecule has 1 aromatic carbocycles. The van der Waals surface area contributed by atoms with Gasteiger partial charge in [0.1, 0.15) is 16.9 Å². The number of thiophene rings is 1. The number of benzene rings is 1. The van der Waals surface area contributed by atoms with Gasteiger partial charge in [0.25, 0.3) is 0 Å². The zero-order valence-corrected chi connectivity index (χ0v) is 16.5. The number of carboxylic acids is 1. The number of carboxylic acid groups (broad SMARTS) is 1. The molecule has 1 aromatic heterocycles. The number of rotatable bonds is 2. The highest BCUT2D eigenvalue weighted by Gasteiger charge is 2.36. The van der Waals surface area contributed by atoms with Crippen LogP contribution < -0.4 is 10.3 Å². The zero-order chi connectivity index (χ0) is 19.3. The van der Waals surface area contributed by atoms with Crippen LogP contribution in [-0.2, 0) is 4.79 Å². The van der Waals surface area contributed by atoms with Crippen LogP contribution in [0.25, 0.3) is 0 Å². The zero-order valence-electron chi connectivity index (χ0n) is 14.9. The molecule has 8 heteroatoms. The van der Waals surface area contributed by atoms with Crippen LogP contribution in [0.5, 0.6) is 0 Å². The van der Waals surface area contributed by atoms with Crippen LogP contribution in [0.15, 0.2) is 46.1 Å². The summed E-state index contributed by atoms with van der Waals surface area (Å²) in [6.07, 6.45) is 0.994. The van der Waals surface area contributed by atoms with Crippen LogP contribution in [-0.4, -0.2) is 28.8 Å². The molecule has 3 heterocycles. The number of halogens is 1. The molecule has 0 fully saturated rings. The van der Waals surface area contributed by atoms with Crippen molar-refractivity contribution in [2.45, 2.75) is 26.9 Å². The van der Waals surface area contributed by atoms with Crippen LogP contribution in [0.1, 0.15) is 28.5 Å². The van der Waals surface area contributed by atoms with Crippen LogP contribution >= 0.6 is 22.9 Å². The first-order valence-electron chi connectivity index (χ1n) is 8.39. The highest BCUT2D eigenvalue weighted by atomic mass is 35.5. The number of anilines is 1. The summed E-state index contributed by atoms with van der Waals surface area (Å²) in [6, 6.07) is 7.41. The Morgan fingerprint density at radius 3 is 2.70 bits per heavy atom. The molecule has 0 radical (unpaired) electrons. The first-order chi connectivity index (χ1) is 12.9. The van der Waals surface area contributed by atoms with Gasteiger partial charge >= 0.3 is 5.97 Å². The van der Waals surface area contributed by atoms with Crippen molar-refractivity contribution in [3.63, 3.8) is 0 Å². The molecule has 6 nitrogen and oxygen atoms in total. The second kappa shape index (κ2) is 6.51. The molecule has 138 valence electrons. The molecule has 2 aromatic rings. The van der Waals surface area contributed by atoms with E-state index in [-0.39, 0.29) is 6.17 Å². The summed E-state index contributed by atoms with van der Waals surface area (Å²) >= 11 is 7.71. The van der Waals surface area contributed by atoms with E-state index in [0.717, 1.165) is 33.5 Å².